The Bertz CT molecular complexity index is 315. The van der Waals surface area contributed by atoms with Gasteiger partial charge in [-0.05, 0) is 31.8 Å². The quantitative estimate of drug-likeness (QED) is 0.603. The van der Waals surface area contributed by atoms with Crippen molar-refractivity contribution >= 4 is 10.2 Å². The molecule has 1 aliphatic heterocycles. The molecule has 0 bridgehead atoms. The summed E-state index contributed by atoms with van der Waals surface area (Å²) in [5, 5.41) is 3.31. The molecule has 0 aromatic rings. The summed E-state index contributed by atoms with van der Waals surface area (Å²) >= 11 is 0. The van der Waals surface area contributed by atoms with E-state index in [4.69, 9.17) is 4.74 Å². The van der Waals surface area contributed by atoms with Crippen molar-refractivity contribution in [3.05, 3.63) is 0 Å². The number of nitrogens with zero attached hydrogens (tertiary/aromatic N) is 1. The number of hydrogen-bond donors (Lipinski definition) is 2. The van der Waals surface area contributed by atoms with E-state index in [-0.39, 0.29) is 0 Å². The van der Waals surface area contributed by atoms with E-state index in [9.17, 15) is 8.42 Å². The van der Waals surface area contributed by atoms with Crippen LogP contribution in [0.25, 0.3) is 0 Å². The Morgan fingerprint density at radius 2 is 2.28 bits per heavy atom. The number of rotatable bonds is 8. The predicted molar refractivity (Wildman–Crippen MR) is 71.6 cm³/mol. The topological polar surface area (TPSA) is 70.7 Å². The van der Waals surface area contributed by atoms with Gasteiger partial charge >= 0.3 is 0 Å². The molecule has 2 N–H and O–H groups in total. The Hall–Kier alpha value is -0.210. The fourth-order valence-electron chi connectivity index (χ4n) is 2.13. The second-order valence-electron chi connectivity index (χ2n) is 4.56. The lowest BCUT2D eigenvalue weighted by Crippen LogP contribution is -2.46. The summed E-state index contributed by atoms with van der Waals surface area (Å²) in [4.78, 5) is 0. The number of methoxy groups -OCH3 is 1. The van der Waals surface area contributed by atoms with Crippen LogP contribution in [0.4, 0.5) is 0 Å². The number of piperidine rings is 1. The molecule has 6 nitrogen and oxygen atoms in total. The molecule has 1 heterocycles. The summed E-state index contributed by atoms with van der Waals surface area (Å²) in [6.07, 6.45) is 2.22. The lowest BCUT2D eigenvalue weighted by molar-refractivity contribution is 0.203. The Morgan fingerprint density at radius 1 is 1.50 bits per heavy atom. The van der Waals surface area contributed by atoms with Crippen LogP contribution in [0.2, 0.25) is 0 Å². The van der Waals surface area contributed by atoms with E-state index in [1.807, 2.05) is 6.92 Å². The van der Waals surface area contributed by atoms with Crippen LogP contribution in [0.3, 0.4) is 0 Å². The maximum atomic E-state index is 12.0. The first kappa shape index (κ1) is 15.8. The Balaban J connectivity index is 2.47. The predicted octanol–water partition coefficient (Wildman–Crippen LogP) is -0.211. The maximum absolute atomic E-state index is 12.0. The van der Waals surface area contributed by atoms with E-state index in [0.29, 0.717) is 32.2 Å². The van der Waals surface area contributed by atoms with E-state index in [0.717, 1.165) is 25.9 Å². The second-order valence-corrected chi connectivity index (χ2v) is 6.31. The van der Waals surface area contributed by atoms with Gasteiger partial charge in [0, 0.05) is 26.7 Å². The van der Waals surface area contributed by atoms with Crippen molar-refractivity contribution in [2.24, 2.45) is 5.92 Å². The highest BCUT2D eigenvalue weighted by Gasteiger charge is 2.24. The van der Waals surface area contributed by atoms with Crippen LogP contribution in [0, 0.1) is 5.92 Å². The third-order valence-corrected chi connectivity index (χ3v) is 4.80. The zero-order chi connectivity index (χ0) is 13.4. The molecule has 108 valence electrons. The SMILES string of the molecule is CCN(CC1CCCNC1)S(=O)(=O)NCCOC. The van der Waals surface area contributed by atoms with Gasteiger partial charge in [0.15, 0.2) is 0 Å². The Morgan fingerprint density at radius 3 is 2.83 bits per heavy atom. The monoisotopic (exact) mass is 279 g/mol. The van der Waals surface area contributed by atoms with Crippen LogP contribution in [0.1, 0.15) is 19.8 Å². The van der Waals surface area contributed by atoms with Gasteiger partial charge in [0.05, 0.1) is 6.61 Å². The van der Waals surface area contributed by atoms with Gasteiger partial charge in [-0.2, -0.15) is 17.4 Å². The largest absolute Gasteiger partial charge is 0.383 e. The summed E-state index contributed by atoms with van der Waals surface area (Å²) in [7, 11) is -1.81. The van der Waals surface area contributed by atoms with E-state index in [2.05, 4.69) is 10.0 Å². The summed E-state index contributed by atoms with van der Waals surface area (Å²) < 4.78 is 33.0. The molecule has 0 aromatic carbocycles. The van der Waals surface area contributed by atoms with Crippen LogP contribution < -0.4 is 10.0 Å². The standard InChI is InChI=1S/C11H25N3O3S/c1-3-14(10-11-5-4-6-12-9-11)18(15,16)13-7-8-17-2/h11-13H,3-10H2,1-2H3. The second kappa shape index (κ2) is 8.06. The first-order valence-corrected chi connectivity index (χ1v) is 7.98. The number of hydrogen-bond acceptors (Lipinski definition) is 4. The molecule has 7 heteroatoms. The molecule has 0 saturated carbocycles. The van der Waals surface area contributed by atoms with E-state index in [1.165, 1.54) is 4.31 Å². The molecule has 0 radical (unpaired) electrons. The fourth-order valence-corrected chi connectivity index (χ4v) is 3.40. The van der Waals surface area contributed by atoms with E-state index < -0.39 is 10.2 Å². The summed E-state index contributed by atoms with van der Waals surface area (Å²) in [5.74, 6) is 0.415. The Labute approximate surface area is 110 Å². The van der Waals surface area contributed by atoms with Crippen LogP contribution in [-0.4, -0.2) is 59.2 Å². The van der Waals surface area contributed by atoms with Gasteiger partial charge in [0.25, 0.3) is 10.2 Å². The summed E-state index contributed by atoms with van der Waals surface area (Å²) in [6.45, 7) is 5.61. The normalized spacial score (nSPS) is 21.4. The van der Waals surface area contributed by atoms with Crippen LogP contribution >= 0.6 is 0 Å². The zero-order valence-corrected chi connectivity index (χ0v) is 12.1. The first-order chi connectivity index (χ1) is 8.60. The molecule has 0 spiro atoms. The van der Waals surface area contributed by atoms with E-state index in [1.54, 1.807) is 7.11 Å². The molecule has 1 atom stereocenters. The third-order valence-electron chi connectivity index (χ3n) is 3.14. The molecule has 0 amide bonds. The summed E-state index contributed by atoms with van der Waals surface area (Å²) in [5.41, 5.74) is 0. The molecule has 1 aliphatic rings. The highest BCUT2D eigenvalue weighted by Crippen LogP contribution is 2.13. The first-order valence-electron chi connectivity index (χ1n) is 6.54. The van der Waals surface area contributed by atoms with Crippen LogP contribution in [-0.2, 0) is 14.9 Å². The van der Waals surface area contributed by atoms with Crippen molar-refractivity contribution in [2.75, 3.05) is 46.4 Å². The van der Waals surface area contributed by atoms with Gasteiger partial charge in [0.2, 0.25) is 0 Å². The number of ether oxygens (including phenoxy) is 1. The van der Waals surface area contributed by atoms with Gasteiger partial charge < -0.3 is 10.1 Å². The molecule has 0 aromatic heterocycles. The molecular weight excluding hydrogens is 254 g/mol. The highest BCUT2D eigenvalue weighted by molar-refractivity contribution is 7.87. The van der Waals surface area contributed by atoms with Crippen LogP contribution in [0.15, 0.2) is 0 Å². The molecule has 1 saturated heterocycles. The average Bonchev–Trinajstić information content (AvgIpc) is 2.37. The minimum Gasteiger partial charge on any atom is -0.383 e. The third kappa shape index (κ3) is 5.19. The van der Waals surface area contributed by atoms with Crippen molar-refractivity contribution in [2.45, 2.75) is 19.8 Å². The van der Waals surface area contributed by atoms with Crippen molar-refractivity contribution in [1.82, 2.24) is 14.3 Å². The minimum atomic E-state index is -3.37. The zero-order valence-electron chi connectivity index (χ0n) is 11.3. The lowest BCUT2D eigenvalue weighted by Gasteiger charge is -2.28. The molecular formula is C11H25N3O3S. The van der Waals surface area contributed by atoms with Gasteiger partial charge in [-0.3, -0.25) is 0 Å². The van der Waals surface area contributed by atoms with Gasteiger partial charge in [-0.25, -0.2) is 0 Å². The van der Waals surface area contributed by atoms with Crippen molar-refractivity contribution < 1.29 is 13.2 Å². The van der Waals surface area contributed by atoms with Crippen molar-refractivity contribution in [3.8, 4) is 0 Å². The van der Waals surface area contributed by atoms with E-state index >= 15 is 0 Å². The van der Waals surface area contributed by atoms with Gasteiger partial charge in [-0.1, -0.05) is 6.92 Å². The van der Waals surface area contributed by atoms with Crippen molar-refractivity contribution in [3.63, 3.8) is 0 Å². The average molecular weight is 279 g/mol. The molecule has 1 rings (SSSR count). The fraction of sp³-hybridized carbons (Fsp3) is 1.00. The van der Waals surface area contributed by atoms with Gasteiger partial charge in [0.1, 0.15) is 0 Å². The minimum absolute atomic E-state index is 0.318. The molecule has 0 aliphatic carbocycles. The highest BCUT2D eigenvalue weighted by atomic mass is 32.2. The number of nitrogens with one attached hydrogen (secondary N) is 2. The van der Waals surface area contributed by atoms with Gasteiger partial charge in [-0.15, -0.1) is 0 Å². The molecule has 1 unspecified atom stereocenters. The smallest absolute Gasteiger partial charge is 0.279 e. The maximum Gasteiger partial charge on any atom is 0.279 e. The Kier molecular flexibility index (Phi) is 7.10. The van der Waals surface area contributed by atoms with Crippen LogP contribution in [0.5, 0.6) is 0 Å². The summed E-state index contributed by atoms with van der Waals surface area (Å²) in [6, 6.07) is 0. The van der Waals surface area contributed by atoms with Crippen molar-refractivity contribution in [1.29, 1.82) is 0 Å². The molecule has 18 heavy (non-hydrogen) atoms. The molecule has 1 fully saturated rings. The lowest BCUT2D eigenvalue weighted by atomic mass is 10.00.